The third kappa shape index (κ3) is 3.53. The smallest absolute Gasteiger partial charge is 0.325 e. The van der Waals surface area contributed by atoms with E-state index in [1.54, 1.807) is 35.9 Å². The van der Waals surface area contributed by atoms with Gasteiger partial charge in [-0.3, -0.25) is 9.36 Å². The number of carbonyl (C=O) groups excluding carboxylic acids is 1. The van der Waals surface area contributed by atoms with Gasteiger partial charge in [0.2, 0.25) is 5.91 Å². The van der Waals surface area contributed by atoms with Gasteiger partial charge in [0.05, 0.1) is 7.11 Å². The number of imidazole rings is 1. The summed E-state index contributed by atoms with van der Waals surface area (Å²) in [5, 5.41) is 2.79. The SMILES string of the molecule is COc1cccc(NC(=O)CCn2c(C)c(C)[nH]c2=O)c1. The predicted molar refractivity (Wildman–Crippen MR) is 80.8 cm³/mol. The van der Waals surface area contributed by atoms with Gasteiger partial charge in [-0.2, -0.15) is 0 Å². The first kappa shape index (κ1) is 14.9. The second-order valence-corrected chi connectivity index (χ2v) is 4.82. The zero-order valence-corrected chi connectivity index (χ0v) is 12.4. The lowest BCUT2D eigenvalue weighted by Gasteiger charge is -2.08. The Morgan fingerprint density at radius 2 is 2.14 bits per heavy atom. The molecule has 0 fully saturated rings. The minimum Gasteiger partial charge on any atom is -0.497 e. The fourth-order valence-corrected chi connectivity index (χ4v) is 2.08. The first-order chi connectivity index (χ1) is 10.0. The Kier molecular flexibility index (Phi) is 4.47. The molecule has 0 aliphatic rings. The molecule has 0 aliphatic heterocycles. The highest BCUT2D eigenvalue weighted by Gasteiger charge is 2.09. The number of aromatic nitrogens is 2. The van der Waals surface area contributed by atoms with Gasteiger partial charge >= 0.3 is 5.69 Å². The van der Waals surface area contributed by atoms with Gasteiger partial charge in [0.25, 0.3) is 0 Å². The van der Waals surface area contributed by atoms with Crippen LogP contribution in [0.5, 0.6) is 5.75 Å². The van der Waals surface area contributed by atoms with Crippen LogP contribution in [-0.2, 0) is 11.3 Å². The molecule has 1 amide bonds. The number of aryl methyl sites for hydroxylation is 1. The maximum absolute atomic E-state index is 11.9. The number of H-pyrrole nitrogens is 1. The van der Waals surface area contributed by atoms with E-state index in [0.717, 1.165) is 11.4 Å². The standard InChI is InChI=1S/C15H19N3O3/c1-10-11(2)18(15(20)16-10)8-7-14(19)17-12-5-4-6-13(9-12)21-3/h4-6,9H,7-8H2,1-3H3,(H,16,20)(H,17,19). The van der Waals surface area contributed by atoms with E-state index in [0.29, 0.717) is 18.0 Å². The Morgan fingerprint density at radius 3 is 2.76 bits per heavy atom. The summed E-state index contributed by atoms with van der Waals surface area (Å²) in [5.41, 5.74) is 2.18. The fraction of sp³-hybridized carbons (Fsp3) is 0.333. The van der Waals surface area contributed by atoms with Crippen molar-refractivity contribution in [2.24, 2.45) is 0 Å². The summed E-state index contributed by atoms with van der Waals surface area (Å²) in [5.74, 6) is 0.537. The number of nitrogens with one attached hydrogen (secondary N) is 2. The van der Waals surface area contributed by atoms with E-state index in [1.165, 1.54) is 0 Å². The van der Waals surface area contributed by atoms with Crippen molar-refractivity contribution in [2.75, 3.05) is 12.4 Å². The largest absolute Gasteiger partial charge is 0.497 e. The Morgan fingerprint density at radius 1 is 1.38 bits per heavy atom. The molecule has 0 aliphatic carbocycles. The molecule has 2 rings (SSSR count). The minimum atomic E-state index is -0.181. The van der Waals surface area contributed by atoms with Crippen LogP contribution >= 0.6 is 0 Å². The van der Waals surface area contributed by atoms with Crippen LogP contribution in [0.2, 0.25) is 0 Å². The van der Waals surface area contributed by atoms with Gasteiger partial charge < -0.3 is 15.0 Å². The number of hydrogen-bond acceptors (Lipinski definition) is 3. The number of aromatic amines is 1. The van der Waals surface area contributed by atoms with E-state index in [4.69, 9.17) is 4.74 Å². The number of benzene rings is 1. The van der Waals surface area contributed by atoms with Gasteiger partial charge in [-0.15, -0.1) is 0 Å². The molecule has 112 valence electrons. The molecule has 0 saturated carbocycles. The summed E-state index contributed by atoms with van der Waals surface area (Å²) in [4.78, 5) is 26.3. The number of ether oxygens (including phenoxy) is 1. The monoisotopic (exact) mass is 289 g/mol. The maximum Gasteiger partial charge on any atom is 0.325 e. The minimum absolute atomic E-state index is 0.145. The molecule has 1 aromatic carbocycles. The molecule has 0 saturated heterocycles. The third-order valence-corrected chi connectivity index (χ3v) is 3.40. The van der Waals surface area contributed by atoms with Gasteiger partial charge in [0.1, 0.15) is 5.75 Å². The van der Waals surface area contributed by atoms with Crippen molar-refractivity contribution in [2.45, 2.75) is 26.8 Å². The Balaban J connectivity index is 1.97. The zero-order valence-electron chi connectivity index (χ0n) is 12.4. The number of methoxy groups -OCH3 is 1. The van der Waals surface area contributed by atoms with Crippen LogP contribution < -0.4 is 15.7 Å². The number of rotatable bonds is 5. The Bertz CT molecular complexity index is 700. The lowest BCUT2D eigenvalue weighted by atomic mass is 10.3. The van der Waals surface area contributed by atoms with Crippen LogP contribution in [0.1, 0.15) is 17.8 Å². The van der Waals surface area contributed by atoms with E-state index in [-0.39, 0.29) is 18.0 Å². The molecule has 0 atom stereocenters. The average molecular weight is 289 g/mol. The number of hydrogen-bond donors (Lipinski definition) is 2. The zero-order chi connectivity index (χ0) is 15.4. The highest BCUT2D eigenvalue weighted by atomic mass is 16.5. The van der Waals surface area contributed by atoms with Crippen molar-refractivity contribution in [1.29, 1.82) is 0 Å². The van der Waals surface area contributed by atoms with Crippen molar-refractivity contribution >= 4 is 11.6 Å². The Labute approximate surface area is 122 Å². The summed E-state index contributed by atoms with van der Waals surface area (Å²) >= 11 is 0. The molecular formula is C15H19N3O3. The summed E-state index contributed by atoms with van der Waals surface area (Å²) in [7, 11) is 1.57. The topological polar surface area (TPSA) is 76.1 Å². The molecule has 1 aromatic heterocycles. The number of anilines is 1. The summed E-state index contributed by atoms with van der Waals surface area (Å²) in [6, 6.07) is 7.15. The van der Waals surface area contributed by atoms with Crippen LogP contribution in [0.4, 0.5) is 5.69 Å². The van der Waals surface area contributed by atoms with Crippen molar-refractivity contribution in [1.82, 2.24) is 9.55 Å². The molecule has 1 heterocycles. The summed E-state index contributed by atoms with van der Waals surface area (Å²) in [6.07, 6.45) is 0.231. The van der Waals surface area contributed by atoms with Crippen molar-refractivity contribution < 1.29 is 9.53 Å². The second-order valence-electron chi connectivity index (χ2n) is 4.82. The van der Waals surface area contributed by atoms with Crippen molar-refractivity contribution in [3.63, 3.8) is 0 Å². The quantitative estimate of drug-likeness (QED) is 0.881. The van der Waals surface area contributed by atoms with Crippen LogP contribution in [0.25, 0.3) is 0 Å². The third-order valence-electron chi connectivity index (χ3n) is 3.40. The van der Waals surface area contributed by atoms with Gasteiger partial charge in [0.15, 0.2) is 0 Å². The second kappa shape index (κ2) is 6.30. The molecule has 2 N–H and O–H groups in total. The number of nitrogens with zero attached hydrogens (tertiary/aromatic N) is 1. The van der Waals surface area contributed by atoms with E-state index in [1.807, 2.05) is 13.8 Å². The highest BCUT2D eigenvalue weighted by Crippen LogP contribution is 2.16. The molecule has 0 spiro atoms. The lowest BCUT2D eigenvalue weighted by Crippen LogP contribution is -2.22. The van der Waals surface area contributed by atoms with Crippen LogP contribution in [0.15, 0.2) is 29.1 Å². The van der Waals surface area contributed by atoms with Crippen molar-refractivity contribution in [3.8, 4) is 5.75 Å². The molecule has 0 unspecified atom stereocenters. The molecule has 0 bridgehead atoms. The summed E-state index contributed by atoms with van der Waals surface area (Å²) < 4.78 is 6.67. The van der Waals surface area contributed by atoms with E-state index < -0.39 is 0 Å². The summed E-state index contributed by atoms with van der Waals surface area (Å²) in [6.45, 7) is 4.04. The normalized spacial score (nSPS) is 10.4. The first-order valence-electron chi connectivity index (χ1n) is 6.71. The predicted octanol–water partition coefficient (Wildman–Crippen LogP) is 1.83. The van der Waals surface area contributed by atoms with Crippen molar-refractivity contribution in [3.05, 3.63) is 46.1 Å². The molecule has 2 aromatic rings. The van der Waals surface area contributed by atoms with Gasteiger partial charge in [-0.05, 0) is 26.0 Å². The van der Waals surface area contributed by atoms with Gasteiger partial charge in [0, 0.05) is 36.1 Å². The Hall–Kier alpha value is -2.50. The van der Waals surface area contributed by atoms with Gasteiger partial charge in [-0.25, -0.2) is 4.79 Å². The maximum atomic E-state index is 11.9. The van der Waals surface area contributed by atoms with Crippen LogP contribution in [0, 0.1) is 13.8 Å². The number of carbonyl (C=O) groups is 1. The fourth-order valence-electron chi connectivity index (χ4n) is 2.08. The molecule has 0 radical (unpaired) electrons. The molecule has 6 nitrogen and oxygen atoms in total. The molecular weight excluding hydrogens is 270 g/mol. The van der Waals surface area contributed by atoms with E-state index >= 15 is 0 Å². The van der Waals surface area contributed by atoms with E-state index in [2.05, 4.69) is 10.3 Å². The first-order valence-corrected chi connectivity index (χ1v) is 6.71. The van der Waals surface area contributed by atoms with Gasteiger partial charge in [-0.1, -0.05) is 6.07 Å². The van der Waals surface area contributed by atoms with Crippen LogP contribution in [0.3, 0.4) is 0 Å². The molecule has 6 heteroatoms. The van der Waals surface area contributed by atoms with Crippen LogP contribution in [-0.4, -0.2) is 22.6 Å². The average Bonchev–Trinajstić information content (AvgIpc) is 2.70. The molecule has 21 heavy (non-hydrogen) atoms. The number of amides is 1. The lowest BCUT2D eigenvalue weighted by molar-refractivity contribution is -0.116. The van der Waals surface area contributed by atoms with E-state index in [9.17, 15) is 9.59 Å². The highest BCUT2D eigenvalue weighted by molar-refractivity contribution is 5.90.